The minimum atomic E-state index is -0.442. The first-order valence-corrected chi connectivity index (χ1v) is 7.59. The molecule has 5 nitrogen and oxygen atoms in total. The van der Waals surface area contributed by atoms with Gasteiger partial charge in [-0.25, -0.2) is 4.79 Å². The number of carbonyl (C=O) groups is 1. The van der Waals surface area contributed by atoms with Gasteiger partial charge in [-0.15, -0.1) is 0 Å². The molecule has 1 N–H and O–H groups in total. The number of hydrogen-bond acceptors (Lipinski definition) is 4. The first kappa shape index (κ1) is 16.7. The summed E-state index contributed by atoms with van der Waals surface area (Å²) in [4.78, 5) is 11.5. The van der Waals surface area contributed by atoms with E-state index in [-0.39, 0.29) is 0 Å². The molecule has 0 aliphatic heterocycles. The van der Waals surface area contributed by atoms with Gasteiger partial charge in [0.05, 0.1) is 7.11 Å². The SMILES string of the molecule is CCCCNC(=O)Oc1ccc(Oc2ccc(OC)cc2)cc1. The quantitative estimate of drug-likeness (QED) is 0.771. The first-order valence-electron chi connectivity index (χ1n) is 7.59. The number of rotatable bonds is 7. The van der Waals surface area contributed by atoms with Crippen molar-refractivity contribution < 1.29 is 19.0 Å². The zero-order valence-corrected chi connectivity index (χ0v) is 13.4. The van der Waals surface area contributed by atoms with Gasteiger partial charge in [0.2, 0.25) is 0 Å². The molecule has 1 amide bonds. The standard InChI is InChI=1S/C18H21NO4/c1-3-4-13-19-18(20)23-17-11-9-16(10-12-17)22-15-7-5-14(21-2)6-8-15/h5-12H,3-4,13H2,1-2H3,(H,19,20). The Morgan fingerprint density at radius 3 is 1.96 bits per heavy atom. The van der Waals surface area contributed by atoms with Gasteiger partial charge in [-0.05, 0) is 55.0 Å². The molecule has 5 heteroatoms. The molecule has 122 valence electrons. The normalized spacial score (nSPS) is 10.0. The summed E-state index contributed by atoms with van der Waals surface area (Å²) in [7, 11) is 1.62. The molecule has 0 spiro atoms. The van der Waals surface area contributed by atoms with Gasteiger partial charge in [0.25, 0.3) is 0 Å². The monoisotopic (exact) mass is 315 g/mol. The smallest absolute Gasteiger partial charge is 0.412 e. The number of carbonyl (C=O) groups excluding carboxylic acids is 1. The maximum atomic E-state index is 11.5. The van der Waals surface area contributed by atoms with E-state index in [0.717, 1.165) is 18.6 Å². The summed E-state index contributed by atoms with van der Waals surface area (Å²) in [6, 6.07) is 14.2. The van der Waals surface area contributed by atoms with Gasteiger partial charge in [-0.2, -0.15) is 0 Å². The Hall–Kier alpha value is -2.69. The highest BCUT2D eigenvalue weighted by Crippen LogP contribution is 2.25. The number of benzene rings is 2. The van der Waals surface area contributed by atoms with Crippen molar-refractivity contribution in [2.24, 2.45) is 0 Å². The number of nitrogens with one attached hydrogen (secondary N) is 1. The summed E-state index contributed by atoms with van der Waals surface area (Å²) in [5, 5.41) is 2.69. The number of unbranched alkanes of at least 4 members (excludes halogenated alkanes) is 1. The van der Waals surface area contributed by atoms with E-state index >= 15 is 0 Å². The Kier molecular flexibility index (Phi) is 6.29. The molecule has 0 aliphatic rings. The van der Waals surface area contributed by atoms with Crippen LogP contribution in [0.15, 0.2) is 48.5 Å². The molecule has 0 unspecified atom stereocenters. The summed E-state index contributed by atoms with van der Waals surface area (Å²) in [5.74, 6) is 2.61. The van der Waals surface area contributed by atoms with E-state index < -0.39 is 6.09 Å². The minimum Gasteiger partial charge on any atom is -0.497 e. The van der Waals surface area contributed by atoms with Crippen molar-refractivity contribution in [1.82, 2.24) is 5.32 Å². The molecule has 0 saturated carbocycles. The first-order chi connectivity index (χ1) is 11.2. The molecule has 0 atom stereocenters. The van der Waals surface area contributed by atoms with Crippen LogP contribution in [0, 0.1) is 0 Å². The van der Waals surface area contributed by atoms with Gasteiger partial charge in [-0.3, -0.25) is 0 Å². The lowest BCUT2D eigenvalue weighted by atomic mass is 10.3. The van der Waals surface area contributed by atoms with E-state index in [1.807, 2.05) is 24.3 Å². The highest BCUT2D eigenvalue weighted by Gasteiger charge is 2.04. The van der Waals surface area contributed by atoms with Crippen LogP contribution in [0.3, 0.4) is 0 Å². The third-order valence-electron chi connectivity index (χ3n) is 3.13. The molecule has 0 radical (unpaired) electrons. The van der Waals surface area contributed by atoms with E-state index in [1.165, 1.54) is 0 Å². The van der Waals surface area contributed by atoms with Crippen LogP contribution in [-0.2, 0) is 0 Å². The van der Waals surface area contributed by atoms with Gasteiger partial charge in [0.15, 0.2) is 0 Å². The number of hydrogen-bond donors (Lipinski definition) is 1. The fourth-order valence-electron chi connectivity index (χ4n) is 1.87. The fraction of sp³-hybridized carbons (Fsp3) is 0.278. The van der Waals surface area contributed by atoms with Gasteiger partial charge in [0.1, 0.15) is 23.0 Å². The van der Waals surface area contributed by atoms with Crippen LogP contribution < -0.4 is 19.5 Å². The number of ether oxygens (including phenoxy) is 3. The molecule has 2 rings (SSSR count). The number of methoxy groups -OCH3 is 1. The van der Waals surface area contributed by atoms with Crippen LogP contribution >= 0.6 is 0 Å². The van der Waals surface area contributed by atoms with Crippen LogP contribution in [-0.4, -0.2) is 19.7 Å². The summed E-state index contributed by atoms with van der Waals surface area (Å²) in [5.41, 5.74) is 0. The minimum absolute atomic E-state index is 0.442. The van der Waals surface area contributed by atoms with E-state index in [9.17, 15) is 4.79 Å². The molecule has 0 saturated heterocycles. The van der Waals surface area contributed by atoms with Crippen LogP contribution in [0.1, 0.15) is 19.8 Å². The predicted molar refractivity (Wildman–Crippen MR) is 88.4 cm³/mol. The molecule has 23 heavy (non-hydrogen) atoms. The maximum Gasteiger partial charge on any atom is 0.412 e. The van der Waals surface area contributed by atoms with Gasteiger partial charge >= 0.3 is 6.09 Å². The Balaban J connectivity index is 1.87. The van der Waals surface area contributed by atoms with E-state index in [0.29, 0.717) is 23.8 Å². The molecule has 0 aromatic heterocycles. The van der Waals surface area contributed by atoms with Crippen LogP contribution in [0.25, 0.3) is 0 Å². The Morgan fingerprint density at radius 2 is 1.43 bits per heavy atom. The summed E-state index contributed by atoms with van der Waals surface area (Å²) >= 11 is 0. The van der Waals surface area contributed by atoms with Crippen LogP contribution in [0.5, 0.6) is 23.0 Å². The van der Waals surface area contributed by atoms with Crippen molar-refractivity contribution in [2.75, 3.05) is 13.7 Å². The van der Waals surface area contributed by atoms with Crippen LogP contribution in [0.2, 0.25) is 0 Å². The highest BCUT2D eigenvalue weighted by molar-refractivity contribution is 5.70. The van der Waals surface area contributed by atoms with Crippen LogP contribution in [0.4, 0.5) is 4.79 Å². The Morgan fingerprint density at radius 1 is 0.913 bits per heavy atom. The molecular formula is C18H21NO4. The third kappa shape index (κ3) is 5.54. The van der Waals surface area contributed by atoms with Gasteiger partial charge in [0, 0.05) is 6.54 Å². The van der Waals surface area contributed by atoms with Crippen molar-refractivity contribution in [2.45, 2.75) is 19.8 Å². The number of amides is 1. The van der Waals surface area contributed by atoms with Crippen molar-refractivity contribution in [1.29, 1.82) is 0 Å². The second-order valence-electron chi connectivity index (χ2n) is 4.92. The van der Waals surface area contributed by atoms with E-state index in [2.05, 4.69) is 12.2 Å². The molecule has 2 aromatic carbocycles. The van der Waals surface area contributed by atoms with Crippen molar-refractivity contribution in [3.8, 4) is 23.0 Å². The lowest BCUT2D eigenvalue weighted by Gasteiger charge is -2.08. The maximum absolute atomic E-state index is 11.5. The second-order valence-corrected chi connectivity index (χ2v) is 4.92. The fourth-order valence-corrected chi connectivity index (χ4v) is 1.87. The summed E-state index contributed by atoms with van der Waals surface area (Å²) < 4.78 is 16.0. The summed E-state index contributed by atoms with van der Waals surface area (Å²) in [6.45, 7) is 2.68. The summed E-state index contributed by atoms with van der Waals surface area (Å²) in [6.07, 6.45) is 1.52. The van der Waals surface area contributed by atoms with Gasteiger partial charge in [-0.1, -0.05) is 13.3 Å². The van der Waals surface area contributed by atoms with Gasteiger partial charge < -0.3 is 19.5 Å². The molecular weight excluding hydrogens is 294 g/mol. The van der Waals surface area contributed by atoms with Crippen molar-refractivity contribution in [3.63, 3.8) is 0 Å². The lowest BCUT2D eigenvalue weighted by molar-refractivity contribution is 0.200. The molecule has 0 aliphatic carbocycles. The zero-order chi connectivity index (χ0) is 16.5. The molecule has 2 aromatic rings. The van der Waals surface area contributed by atoms with Crippen molar-refractivity contribution in [3.05, 3.63) is 48.5 Å². The third-order valence-corrected chi connectivity index (χ3v) is 3.13. The Bertz CT molecular complexity index is 608. The van der Waals surface area contributed by atoms with E-state index in [4.69, 9.17) is 14.2 Å². The topological polar surface area (TPSA) is 56.8 Å². The van der Waals surface area contributed by atoms with E-state index in [1.54, 1.807) is 31.4 Å². The highest BCUT2D eigenvalue weighted by atomic mass is 16.6. The largest absolute Gasteiger partial charge is 0.497 e. The predicted octanol–water partition coefficient (Wildman–Crippen LogP) is 4.38. The molecule has 0 fully saturated rings. The average molecular weight is 315 g/mol. The van der Waals surface area contributed by atoms with Crippen molar-refractivity contribution >= 4 is 6.09 Å². The Labute approximate surface area is 136 Å². The molecule has 0 heterocycles. The lowest BCUT2D eigenvalue weighted by Crippen LogP contribution is -2.27. The zero-order valence-electron chi connectivity index (χ0n) is 13.4. The molecule has 0 bridgehead atoms. The second kappa shape index (κ2) is 8.68. The average Bonchev–Trinajstić information content (AvgIpc) is 2.57.